The van der Waals surface area contributed by atoms with Gasteiger partial charge in [-0.1, -0.05) is 37.6 Å². The lowest BCUT2D eigenvalue weighted by molar-refractivity contribution is -0.121. The molecule has 1 aliphatic heterocycles. The van der Waals surface area contributed by atoms with Gasteiger partial charge in [-0.3, -0.25) is 4.79 Å². The van der Waals surface area contributed by atoms with Gasteiger partial charge >= 0.3 is 0 Å². The Bertz CT molecular complexity index is 712. The van der Waals surface area contributed by atoms with Gasteiger partial charge in [0.25, 0.3) is 0 Å². The maximum absolute atomic E-state index is 12.3. The summed E-state index contributed by atoms with van der Waals surface area (Å²) in [5, 5.41) is 3.34. The molecule has 0 unspecified atom stereocenters. The Labute approximate surface area is 165 Å². The lowest BCUT2D eigenvalue weighted by Crippen LogP contribution is -2.48. The largest absolute Gasteiger partial charge is 0.349 e. The Hall–Kier alpha value is -1.35. The number of rotatable bonds is 4. The average molecular weight is 369 g/mol. The standard InChI is InChI=1S/C24H34N2O.H2/c1-2-5-23(27)25-21-16-24(20-7-4-3-6-19(20)21)10-12-26(13-11-24)22-15-17-8-9-18(22)14-17;/h3-4,6-7,17-18,21-22H,2,5,8-16H2,1H3,(H,25,27);1H/t17-,18+,21-,22+;/m0./s1. The summed E-state index contributed by atoms with van der Waals surface area (Å²) in [6.07, 6.45) is 11.1. The van der Waals surface area contributed by atoms with E-state index in [4.69, 9.17) is 0 Å². The van der Waals surface area contributed by atoms with Crippen LogP contribution < -0.4 is 5.32 Å². The fourth-order valence-corrected chi connectivity index (χ4v) is 6.93. The molecule has 1 N–H and O–H groups in total. The quantitative estimate of drug-likeness (QED) is 0.827. The van der Waals surface area contributed by atoms with E-state index in [-0.39, 0.29) is 18.8 Å². The highest BCUT2D eigenvalue weighted by Gasteiger charge is 2.48. The predicted octanol–water partition coefficient (Wildman–Crippen LogP) is 4.82. The molecular weight excluding hydrogens is 332 g/mol. The van der Waals surface area contributed by atoms with Gasteiger partial charge < -0.3 is 10.2 Å². The molecule has 5 rings (SSSR count). The summed E-state index contributed by atoms with van der Waals surface area (Å²) in [5.74, 6) is 2.23. The first kappa shape index (κ1) is 17.7. The molecule has 2 bridgehead atoms. The van der Waals surface area contributed by atoms with Gasteiger partial charge in [-0.25, -0.2) is 0 Å². The molecule has 1 amide bonds. The molecule has 1 aromatic rings. The molecule has 3 nitrogen and oxygen atoms in total. The highest BCUT2D eigenvalue weighted by Crippen LogP contribution is 2.53. The summed E-state index contributed by atoms with van der Waals surface area (Å²) in [7, 11) is 0. The first-order valence-electron chi connectivity index (χ1n) is 11.3. The molecule has 2 saturated carbocycles. The maximum atomic E-state index is 12.3. The number of carbonyl (C=O) groups is 1. The van der Waals surface area contributed by atoms with E-state index >= 15 is 0 Å². The van der Waals surface area contributed by atoms with Crippen molar-refractivity contribution in [1.82, 2.24) is 10.2 Å². The Morgan fingerprint density at radius 3 is 2.74 bits per heavy atom. The molecule has 1 aromatic carbocycles. The summed E-state index contributed by atoms with van der Waals surface area (Å²) in [6, 6.07) is 10.0. The highest BCUT2D eigenvalue weighted by atomic mass is 16.1. The van der Waals surface area contributed by atoms with Crippen LogP contribution in [0.4, 0.5) is 0 Å². The summed E-state index contributed by atoms with van der Waals surface area (Å²) < 4.78 is 0. The lowest BCUT2D eigenvalue weighted by Gasteiger charge is -2.44. The van der Waals surface area contributed by atoms with Crippen LogP contribution in [0.3, 0.4) is 0 Å². The van der Waals surface area contributed by atoms with Gasteiger partial charge in [0.2, 0.25) is 5.91 Å². The van der Waals surface area contributed by atoms with E-state index < -0.39 is 0 Å². The number of piperidine rings is 1. The van der Waals surface area contributed by atoms with Crippen LogP contribution in [0.25, 0.3) is 0 Å². The number of hydrogen-bond acceptors (Lipinski definition) is 2. The Morgan fingerprint density at radius 2 is 2.04 bits per heavy atom. The first-order chi connectivity index (χ1) is 13.2. The van der Waals surface area contributed by atoms with Crippen molar-refractivity contribution in [3.8, 4) is 0 Å². The molecule has 0 aromatic heterocycles. The van der Waals surface area contributed by atoms with Gasteiger partial charge in [0.15, 0.2) is 0 Å². The van der Waals surface area contributed by atoms with Crippen molar-refractivity contribution >= 4 is 5.91 Å². The molecule has 1 spiro atoms. The van der Waals surface area contributed by atoms with Crippen LogP contribution in [0.5, 0.6) is 0 Å². The molecule has 148 valence electrons. The van der Waals surface area contributed by atoms with E-state index in [2.05, 4.69) is 41.4 Å². The van der Waals surface area contributed by atoms with Crippen LogP contribution in [0, 0.1) is 11.8 Å². The van der Waals surface area contributed by atoms with Crippen LogP contribution in [0.1, 0.15) is 83.3 Å². The number of nitrogens with one attached hydrogen (secondary N) is 1. The number of hydrogen-bond donors (Lipinski definition) is 1. The van der Waals surface area contributed by atoms with Gasteiger partial charge in [0, 0.05) is 19.3 Å². The van der Waals surface area contributed by atoms with Crippen LogP contribution >= 0.6 is 0 Å². The van der Waals surface area contributed by atoms with Crippen molar-refractivity contribution in [1.29, 1.82) is 0 Å². The highest BCUT2D eigenvalue weighted by molar-refractivity contribution is 5.76. The zero-order chi connectivity index (χ0) is 18.4. The minimum atomic E-state index is 0. The van der Waals surface area contributed by atoms with Gasteiger partial charge in [0.05, 0.1) is 6.04 Å². The Balaban J connectivity index is 0.00000192. The van der Waals surface area contributed by atoms with Gasteiger partial charge in [-0.05, 0) is 81.0 Å². The Morgan fingerprint density at radius 1 is 1.22 bits per heavy atom. The summed E-state index contributed by atoms with van der Waals surface area (Å²) in [6.45, 7) is 4.57. The predicted molar refractivity (Wildman–Crippen MR) is 111 cm³/mol. The van der Waals surface area contributed by atoms with E-state index in [1.807, 2.05) is 0 Å². The monoisotopic (exact) mass is 368 g/mol. The van der Waals surface area contributed by atoms with Gasteiger partial charge in [-0.15, -0.1) is 0 Å². The van der Waals surface area contributed by atoms with Crippen molar-refractivity contribution in [2.45, 2.75) is 82.2 Å². The van der Waals surface area contributed by atoms with E-state index in [0.29, 0.717) is 6.42 Å². The van der Waals surface area contributed by atoms with Crippen molar-refractivity contribution in [3.63, 3.8) is 0 Å². The number of fused-ring (bicyclic) bond motifs is 4. The molecule has 27 heavy (non-hydrogen) atoms. The molecule has 3 heteroatoms. The molecule has 3 aliphatic carbocycles. The summed E-state index contributed by atoms with van der Waals surface area (Å²) >= 11 is 0. The van der Waals surface area contributed by atoms with Crippen LogP contribution in [0.15, 0.2) is 24.3 Å². The number of carbonyl (C=O) groups excluding carboxylic acids is 1. The van der Waals surface area contributed by atoms with Crippen molar-refractivity contribution in [2.75, 3.05) is 13.1 Å². The third kappa shape index (κ3) is 3.03. The minimum absolute atomic E-state index is 0. The summed E-state index contributed by atoms with van der Waals surface area (Å²) in [5.41, 5.74) is 3.20. The topological polar surface area (TPSA) is 32.3 Å². The number of likely N-dealkylation sites (tertiary alicyclic amines) is 1. The number of amides is 1. The van der Waals surface area contributed by atoms with Crippen LogP contribution in [0.2, 0.25) is 0 Å². The van der Waals surface area contributed by atoms with Crippen LogP contribution in [-0.2, 0) is 10.2 Å². The van der Waals surface area contributed by atoms with Crippen molar-refractivity contribution < 1.29 is 6.22 Å². The second-order valence-corrected chi connectivity index (χ2v) is 9.72. The zero-order valence-corrected chi connectivity index (χ0v) is 16.8. The van der Waals surface area contributed by atoms with Crippen LogP contribution in [-0.4, -0.2) is 29.9 Å². The average Bonchev–Trinajstić information content (AvgIpc) is 3.38. The van der Waals surface area contributed by atoms with E-state index in [1.165, 1.54) is 62.7 Å². The maximum Gasteiger partial charge on any atom is 0.220 e. The molecule has 0 radical (unpaired) electrons. The van der Waals surface area contributed by atoms with E-state index in [0.717, 1.165) is 30.7 Å². The molecular formula is C24H36N2O. The third-order valence-electron chi connectivity index (χ3n) is 8.24. The molecule has 1 saturated heterocycles. The van der Waals surface area contributed by atoms with E-state index in [1.54, 1.807) is 0 Å². The van der Waals surface area contributed by atoms with Crippen molar-refractivity contribution in [3.05, 3.63) is 35.4 Å². The summed E-state index contributed by atoms with van der Waals surface area (Å²) in [4.78, 5) is 15.1. The zero-order valence-electron chi connectivity index (χ0n) is 16.8. The second kappa shape index (κ2) is 6.92. The second-order valence-electron chi connectivity index (χ2n) is 9.72. The first-order valence-corrected chi connectivity index (χ1v) is 11.3. The fourth-order valence-electron chi connectivity index (χ4n) is 6.93. The minimum Gasteiger partial charge on any atom is -0.349 e. The fraction of sp³-hybridized carbons (Fsp3) is 0.708. The normalized spacial score (nSPS) is 34.1. The number of nitrogens with zero attached hydrogens (tertiary/aromatic N) is 1. The number of benzene rings is 1. The molecule has 4 aliphatic rings. The van der Waals surface area contributed by atoms with Gasteiger partial charge in [-0.2, -0.15) is 0 Å². The molecule has 1 heterocycles. The van der Waals surface area contributed by atoms with Gasteiger partial charge in [0.1, 0.15) is 0 Å². The molecule has 4 atom stereocenters. The van der Waals surface area contributed by atoms with E-state index in [9.17, 15) is 4.79 Å². The molecule has 3 fully saturated rings. The lowest BCUT2D eigenvalue weighted by atomic mass is 9.73. The third-order valence-corrected chi connectivity index (χ3v) is 8.24. The van der Waals surface area contributed by atoms with Crippen molar-refractivity contribution in [2.24, 2.45) is 11.8 Å². The SMILES string of the molecule is CCCC(=O)N[C@H]1CC2(CCN([C@@H]3C[C@H]4CC[C@@H]3C4)CC2)c2ccccc21.[HH]. The Kier molecular flexibility index (Phi) is 4.54. The smallest absolute Gasteiger partial charge is 0.220 e.